The number of halogens is 1. The van der Waals surface area contributed by atoms with Crippen LogP contribution in [0.15, 0.2) is 42.7 Å². The van der Waals surface area contributed by atoms with Crippen LogP contribution in [-0.4, -0.2) is 22.0 Å². The molecule has 1 spiro atoms. The Labute approximate surface area is 183 Å². The fraction of sp³-hybridized carbons (Fsp3) is 0.333. The van der Waals surface area contributed by atoms with Crippen LogP contribution in [0.25, 0.3) is 10.8 Å². The van der Waals surface area contributed by atoms with Gasteiger partial charge in [-0.1, -0.05) is 23.7 Å². The fourth-order valence-electron chi connectivity index (χ4n) is 5.57. The summed E-state index contributed by atoms with van der Waals surface area (Å²) in [6.45, 7) is 0. The van der Waals surface area contributed by atoms with Gasteiger partial charge in [0.05, 0.1) is 17.4 Å². The summed E-state index contributed by atoms with van der Waals surface area (Å²) in [6, 6.07) is 12.3. The summed E-state index contributed by atoms with van der Waals surface area (Å²) >= 11 is 5.91. The van der Waals surface area contributed by atoms with Gasteiger partial charge in [0.15, 0.2) is 0 Å². The highest BCUT2D eigenvalue weighted by molar-refractivity contribution is 6.29. The molecule has 152 valence electrons. The van der Waals surface area contributed by atoms with Gasteiger partial charge in [-0.05, 0) is 47.8 Å². The monoisotopic (exact) mass is 428 g/mol. The molecule has 4 atom stereocenters. The summed E-state index contributed by atoms with van der Waals surface area (Å²) < 4.78 is 5.86. The molecule has 3 aromatic rings. The number of nitrogens with zero attached hydrogens (tertiary/aromatic N) is 3. The molecule has 7 heteroatoms. The molecule has 0 radical (unpaired) electrons. The van der Waals surface area contributed by atoms with Gasteiger partial charge in [-0.3, -0.25) is 4.79 Å². The Morgan fingerprint density at radius 1 is 1.19 bits per heavy atom. The summed E-state index contributed by atoms with van der Waals surface area (Å²) in [5.41, 5.74) is 1.90. The van der Waals surface area contributed by atoms with Gasteiger partial charge >= 0.3 is 0 Å². The Kier molecular flexibility index (Phi) is 3.13. The van der Waals surface area contributed by atoms with E-state index in [0.29, 0.717) is 11.0 Å². The van der Waals surface area contributed by atoms with Crippen LogP contribution in [0.4, 0.5) is 5.82 Å². The number of nitriles is 1. The van der Waals surface area contributed by atoms with Gasteiger partial charge in [-0.25, -0.2) is 9.97 Å². The standard InChI is InChI=1S/C24H17ClN4O2/c25-17-7-16-15(9-27-17)19-20(21(19)31-16)22(30)29-18-6-13-5-14(2-1-12(13)8-28-18)24(11-26)10-23(24)3-4-23/h1-2,5-9,19-21H,3-4,10H2,(H,28,29,30)/t19-,20+,21-,24+/m0/s1. The van der Waals surface area contributed by atoms with Crippen molar-refractivity contribution in [2.45, 2.75) is 36.7 Å². The number of aromatic nitrogens is 2. The van der Waals surface area contributed by atoms with E-state index in [1.54, 1.807) is 18.5 Å². The molecule has 3 fully saturated rings. The second kappa shape index (κ2) is 5.54. The van der Waals surface area contributed by atoms with Crippen molar-refractivity contribution in [3.8, 4) is 11.8 Å². The summed E-state index contributed by atoms with van der Waals surface area (Å²) in [6.07, 6.45) is 6.55. The summed E-state index contributed by atoms with van der Waals surface area (Å²) in [5, 5.41) is 15.1. The lowest BCUT2D eigenvalue weighted by Gasteiger charge is -2.12. The number of hydrogen-bond donors (Lipinski definition) is 1. The third-order valence-corrected chi connectivity index (χ3v) is 7.84. The molecule has 6 nitrogen and oxygen atoms in total. The number of hydrogen-bond acceptors (Lipinski definition) is 5. The second-order valence-corrected chi connectivity index (χ2v) is 9.66. The fourth-order valence-corrected chi connectivity index (χ4v) is 5.72. The van der Waals surface area contributed by atoms with Crippen molar-refractivity contribution in [2.75, 3.05) is 5.32 Å². The van der Waals surface area contributed by atoms with Crippen molar-refractivity contribution in [1.82, 2.24) is 9.97 Å². The van der Waals surface area contributed by atoms with Gasteiger partial charge in [0.25, 0.3) is 0 Å². The lowest BCUT2D eigenvalue weighted by atomic mass is 9.92. The van der Waals surface area contributed by atoms with Crippen LogP contribution in [-0.2, 0) is 10.2 Å². The number of anilines is 1. The van der Waals surface area contributed by atoms with Gasteiger partial charge in [0.1, 0.15) is 22.8 Å². The van der Waals surface area contributed by atoms with Gasteiger partial charge in [-0.2, -0.15) is 5.26 Å². The summed E-state index contributed by atoms with van der Waals surface area (Å²) in [4.78, 5) is 21.4. The number of nitrogens with one attached hydrogen (secondary N) is 1. The van der Waals surface area contributed by atoms with Gasteiger partial charge in [0, 0.05) is 35.3 Å². The highest BCUT2D eigenvalue weighted by atomic mass is 35.5. The van der Waals surface area contributed by atoms with Crippen LogP contribution >= 0.6 is 11.6 Å². The Morgan fingerprint density at radius 2 is 2.06 bits per heavy atom. The van der Waals surface area contributed by atoms with Gasteiger partial charge in [0.2, 0.25) is 5.91 Å². The molecule has 2 aromatic heterocycles. The zero-order valence-corrected chi connectivity index (χ0v) is 17.2. The number of carbonyl (C=O) groups excluding carboxylic acids is 1. The van der Waals surface area contributed by atoms with Crippen LogP contribution in [0.2, 0.25) is 5.15 Å². The lowest BCUT2D eigenvalue weighted by molar-refractivity contribution is -0.118. The first-order valence-corrected chi connectivity index (χ1v) is 10.9. The maximum absolute atomic E-state index is 12.9. The van der Waals surface area contributed by atoms with E-state index in [4.69, 9.17) is 16.3 Å². The van der Waals surface area contributed by atoms with Crippen molar-refractivity contribution in [2.24, 2.45) is 11.3 Å². The average Bonchev–Trinajstić information content (AvgIpc) is 3.72. The van der Waals surface area contributed by atoms with Crippen molar-refractivity contribution in [1.29, 1.82) is 5.26 Å². The van der Waals surface area contributed by atoms with Crippen molar-refractivity contribution in [3.05, 3.63) is 59.0 Å². The number of benzene rings is 1. The first kappa shape index (κ1) is 17.5. The van der Waals surface area contributed by atoms with Gasteiger partial charge < -0.3 is 10.1 Å². The largest absolute Gasteiger partial charge is 0.488 e. The minimum atomic E-state index is -0.332. The first-order chi connectivity index (χ1) is 15.0. The highest BCUT2D eigenvalue weighted by Crippen LogP contribution is 2.78. The second-order valence-electron chi connectivity index (χ2n) is 9.27. The normalized spacial score (nSPS) is 30.1. The number of carbonyl (C=O) groups is 1. The molecule has 0 saturated heterocycles. The zero-order chi connectivity index (χ0) is 21.0. The van der Waals surface area contributed by atoms with E-state index in [9.17, 15) is 10.1 Å². The third kappa shape index (κ3) is 2.30. The first-order valence-electron chi connectivity index (χ1n) is 10.5. The molecule has 31 heavy (non-hydrogen) atoms. The van der Waals surface area contributed by atoms with E-state index >= 15 is 0 Å². The predicted molar refractivity (Wildman–Crippen MR) is 114 cm³/mol. The number of ether oxygens (including phenoxy) is 1. The third-order valence-electron chi connectivity index (χ3n) is 7.63. The highest BCUT2D eigenvalue weighted by Gasteiger charge is 2.75. The molecule has 3 aliphatic carbocycles. The molecule has 0 bridgehead atoms. The molecular formula is C24H17ClN4O2. The summed E-state index contributed by atoms with van der Waals surface area (Å²) in [7, 11) is 0. The maximum Gasteiger partial charge on any atom is 0.233 e. The SMILES string of the molecule is N#C[C@@]1(c2ccc3cnc(NC(=O)[C@H]4[C@H]5Oc6cc(Cl)ncc6[C@H]54)cc3c2)CC12CC2. The quantitative estimate of drug-likeness (QED) is 0.627. The zero-order valence-electron chi connectivity index (χ0n) is 16.4. The topological polar surface area (TPSA) is 87.9 Å². The Balaban J connectivity index is 1.14. The van der Waals surface area contributed by atoms with E-state index in [0.717, 1.165) is 46.9 Å². The van der Waals surface area contributed by atoms with E-state index in [2.05, 4.69) is 33.5 Å². The predicted octanol–water partition coefficient (Wildman–Crippen LogP) is 4.34. The van der Waals surface area contributed by atoms with Crippen LogP contribution in [0.3, 0.4) is 0 Å². The van der Waals surface area contributed by atoms with E-state index < -0.39 is 0 Å². The molecule has 7 rings (SSSR count). The average molecular weight is 429 g/mol. The molecular weight excluding hydrogens is 412 g/mol. The van der Waals surface area contributed by atoms with Gasteiger partial charge in [-0.15, -0.1) is 0 Å². The van der Waals surface area contributed by atoms with Crippen LogP contribution in [0.1, 0.15) is 36.3 Å². The van der Waals surface area contributed by atoms with Crippen molar-refractivity contribution in [3.63, 3.8) is 0 Å². The minimum absolute atomic E-state index is 0.0203. The Bertz CT molecular complexity index is 1360. The number of pyridine rings is 2. The Morgan fingerprint density at radius 3 is 2.84 bits per heavy atom. The number of rotatable bonds is 3. The van der Waals surface area contributed by atoms with Crippen LogP contribution in [0, 0.1) is 22.7 Å². The molecule has 3 heterocycles. The number of fused-ring (bicyclic) bond motifs is 4. The van der Waals surface area contributed by atoms with Crippen molar-refractivity contribution >= 4 is 34.1 Å². The molecule has 1 amide bonds. The maximum atomic E-state index is 12.9. The van der Waals surface area contributed by atoms with Crippen LogP contribution < -0.4 is 10.1 Å². The minimum Gasteiger partial charge on any atom is -0.488 e. The smallest absolute Gasteiger partial charge is 0.233 e. The molecule has 0 unspecified atom stereocenters. The molecule has 3 saturated carbocycles. The van der Waals surface area contributed by atoms with Crippen molar-refractivity contribution < 1.29 is 9.53 Å². The summed E-state index contributed by atoms with van der Waals surface area (Å²) in [5.74, 6) is 0.896. The molecule has 4 aliphatic rings. The Hall–Kier alpha value is -3.17. The van der Waals surface area contributed by atoms with Crippen LogP contribution in [0.5, 0.6) is 5.75 Å². The van der Waals surface area contributed by atoms with E-state index in [1.807, 2.05) is 12.1 Å². The molecule has 1 N–H and O–H groups in total. The van der Waals surface area contributed by atoms with E-state index in [1.165, 1.54) is 0 Å². The molecule has 1 aliphatic heterocycles. The molecule has 1 aromatic carbocycles. The van der Waals surface area contributed by atoms with E-state index in [-0.39, 0.29) is 34.7 Å². The lowest BCUT2D eigenvalue weighted by Crippen LogP contribution is -2.19. The number of amides is 1.